The Balaban J connectivity index is 2.00. The predicted octanol–water partition coefficient (Wildman–Crippen LogP) is 2.36. The number of benzene rings is 1. The van der Waals surface area contributed by atoms with Gasteiger partial charge in [0.1, 0.15) is 12.4 Å². The van der Waals surface area contributed by atoms with Crippen LogP contribution in [0.5, 0.6) is 5.75 Å². The van der Waals surface area contributed by atoms with Gasteiger partial charge >= 0.3 is 5.97 Å². The quantitative estimate of drug-likeness (QED) is 0.766. The van der Waals surface area contributed by atoms with Crippen molar-refractivity contribution in [2.24, 2.45) is 0 Å². The molecule has 21 heavy (non-hydrogen) atoms. The molecule has 0 N–H and O–H groups in total. The lowest BCUT2D eigenvalue weighted by Gasteiger charge is -2.08. The second kappa shape index (κ2) is 7.08. The average Bonchev–Trinajstić information content (AvgIpc) is 2.89. The highest BCUT2D eigenvalue weighted by molar-refractivity contribution is 6.30. The lowest BCUT2D eigenvalue weighted by Crippen LogP contribution is -2.13. The normalized spacial score (nSPS) is 10.4. The maximum Gasteiger partial charge on any atom is 0.360 e. The summed E-state index contributed by atoms with van der Waals surface area (Å²) in [4.78, 5) is 11.6. The van der Waals surface area contributed by atoms with Crippen LogP contribution in [0.15, 0.2) is 24.3 Å². The standard InChI is InChI=1S/C14H16ClN3O3/c1-3-12-13(14(19)20-2)16-17-18(12)7-8-21-11-6-4-5-10(15)9-11/h4-6,9H,3,7-8H2,1-2H3. The summed E-state index contributed by atoms with van der Waals surface area (Å²) in [5.74, 6) is 0.211. The summed E-state index contributed by atoms with van der Waals surface area (Å²) in [5.41, 5.74) is 0.985. The number of ether oxygens (including phenoxy) is 2. The number of hydrogen-bond donors (Lipinski definition) is 0. The molecular weight excluding hydrogens is 294 g/mol. The summed E-state index contributed by atoms with van der Waals surface area (Å²) in [6.07, 6.45) is 0.634. The number of aromatic nitrogens is 3. The van der Waals surface area contributed by atoms with Crippen molar-refractivity contribution in [2.45, 2.75) is 19.9 Å². The molecule has 0 bridgehead atoms. The summed E-state index contributed by atoms with van der Waals surface area (Å²) in [6.45, 7) is 2.82. The van der Waals surface area contributed by atoms with Crippen LogP contribution in [0.25, 0.3) is 0 Å². The van der Waals surface area contributed by atoms with Crippen molar-refractivity contribution in [1.82, 2.24) is 15.0 Å². The molecule has 2 rings (SSSR count). The van der Waals surface area contributed by atoms with Gasteiger partial charge < -0.3 is 9.47 Å². The summed E-state index contributed by atoms with van der Waals surface area (Å²) >= 11 is 5.88. The van der Waals surface area contributed by atoms with E-state index in [1.54, 1.807) is 16.8 Å². The summed E-state index contributed by atoms with van der Waals surface area (Å²) in [7, 11) is 1.32. The van der Waals surface area contributed by atoms with Crippen LogP contribution in [0, 0.1) is 0 Å². The van der Waals surface area contributed by atoms with Gasteiger partial charge in [-0.2, -0.15) is 0 Å². The van der Waals surface area contributed by atoms with Crippen molar-refractivity contribution in [1.29, 1.82) is 0 Å². The van der Waals surface area contributed by atoms with Gasteiger partial charge in [-0.3, -0.25) is 0 Å². The molecule has 0 unspecified atom stereocenters. The van der Waals surface area contributed by atoms with Crippen molar-refractivity contribution < 1.29 is 14.3 Å². The van der Waals surface area contributed by atoms with Crippen molar-refractivity contribution in [3.8, 4) is 5.75 Å². The van der Waals surface area contributed by atoms with Crippen molar-refractivity contribution in [2.75, 3.05) is 13.7 Å². The number of nitrogens with zero attached hydrogens (tertiary/aromatic N) is 3. The number of halogens is 1. The van der Waals surface area contributed by atoms with E-state index in [1.807, 2.05) is 19.1 Å². The molecule has 0 aliphatic heterocycles. The molecule has 0 aliphatic carbocycles. The molecule has 1 aromatic heterocycles. The van der Waals surface area contributed by atoms with Crippen LogP contribution < -0.4 is 4.74 Å². The first kappa shape index (κ1) is 15.3. The van der Waals surface area contributed by atoms with E-state index < -0.39 is 5.97 Å². The Morgan fingerprint density at radius 3 is 2.90 bits per heavy atom. The Morgan fingerprint density at radius 1 is 1.43 bits per heavy atom. The third-order valence-corrected chi connectivity index (χ3v) is 3.15. The van der Waals surface area contributed by atoms with Crippen LogP contribution >= 0.6 is 11.6 Å². The number of carbonyl (C=O) groups excluding carboxylic acids is 1. The van der Waals surface area contributed by atoms with Gasteiger partial charge in [0.15, 0.2) is 5.69 Å². The molecule has 112 valence electrons. The number of rotatable bonds is 6. The molecule has 0 radical (unpaired) electrons. The van der Waals surface area contributed by atoms with E-state index in [-0.39, 0.29) is 5.69 Å². The molecule has 2 aromatic rings. The first-order valence-electron chi connectivity index (χ1n) is 6.54. The fraction of sp³-hybridized carbons (Fsp3) is 0.357. The van der Waals surface area contributed by atoms with Crippen LogP contribution in [0.4, 0.5) is 0 Å². The largest absolute Gasteiger partial charge is 0.492 e. The van der Waals surface area contributed by atoms with Crippen LogP contribution in [0.1, 0.15) is 23.1 Å². The molecule has 0 saturated carbocycles. The van der Waals surface area contributed by atoms with Gasteiger partial charge in [0.05, 0.1) is 19.3 Å². The van der Waals surface area contributed by atoms with Gasteiger partial charge in [-0.25, -0.2) is 9.48 Å². The fourth-order valence-electron chi connectivity index (χ4n) is 1.92. The Bertz CT molecular complexity index is 628. The highest BCUT2D eigenvalue weighted by Gasteiger charge is 2.18. The summed E-state index contributed by atoms with van der Waals surface area (Å²) < 4.78 is 11.9. The van der Waals surface area contributed by atoms with Gasteiger partial charge in [0.2, 0.25) is 0 Å². The predicted molar refractivity (Wildman–Crippen MR) is 77.7 cm³/mol. The molecule has 0 amide bonds. The van der Waals surface area contributed by atoms with E-state index in [9.17, 15) is 4.79 Å². The van der Waals surface area contributed by atoms with E-state index in [2.05, 4.69) is 15.0 Å². The van der Waals surface area contributed by atoms with Crippen LogP contribution in [-0.4, -0.2) is 34.7 Å². The molecular formula is C14H16ClN3O3. The van der Waals surface area contributed by atoms with E-state index in [0.717, 1.165) is 5.69 Å². The van der Waals surface area contributed by atoms with Gasteiger partial charge in [-0.05, 0) is 24.6 Å². The molecule has 0 aliphatic rings. The van der Waals surface area contributed by atoms with E-state index in [0.29, 0.717) is 30.3 Å². The zero-order valence-corrected chi connectivity index (χ0v) is 12.6. The van der Waals surface area contributed by atoms with Gasteiger partial charge in [-0.1, -0.05) is 29.8 Å². The third kappa shape index (κ3) is 3.72. The lowest BCUT2D eigenvalue weighted by molar-refractivity contribution is 0.0592. The third-order valence-electron chi connectivity index (χ3n) is 2.92. The maximum absolute atomic E-state index is 11.6. The second-order valence-corrected chi connectivity index (χ2v) is 4.70. The zero-order chi connectivity index (χ0) is 15.2. The second-order valence-electron chi connectivity index (χ2n) is 4.26. The monoisotopic (exact) mass is 309 g/mol. The smallest absolute Gasteiger partial charge is 0.360 e. The Hall–Kier alpha value is -2.08. The molecule has 6 nitrogen and oxygen atoms in total. The van der Waals surface area contributed by atoms with Gasteiger partial charge in [-0.15, -0.1) is 5.10 Å². The minimum absolute atomic E-state index is 0.253. The van der Waals surface area contributed by atoms with Crippen LogP contribution in [0.2, 0.25) is 5.02 Å². The van der Waals surface area contributed by atoms with Crippen molar-refractivity contribution in [3.05, 3.63) is 40.7 Å². The Morgan fingerprint density at radius 2 is 2.24 bits per heavy atom. The van der Waals surface area contributed by atoms with Crippen LogP contribution in [0.3, 0.4) is 0 Å². The summed E-state index contributed by atoms with van der Waals surface area (Å²) in [5, 5.41) is 8.44. The molecule has 7 heteroatoms. The van der Waals surface area contributed by atoms with Gasteiger partial charge in [0.25, 0.3) is 0 Å². The average molecular weight is 310 g/mol. The van der Waals surface area contributed by atoms with E-state index in [4.69, 9.17) is 16.3 Å². The first-order chi connectivity index (χ1) is 10.2. The molecule has 0 fully saturated rings. The van der Waals surface area contributed by atoms with Crippen molar-refractivity contribution in [3.63, 3.8) is 0 Å². The number of carbonyl (C=O) groups is 1. The Kier molecular flexibility index (Phi) is 5.16. The molecule has 1 heterocycles. The number of esters is 1. The fourth-order valence-corrected chi connectivity index (χ4v) is 2.10. The molecule has 0 atom stereocenters. The highest BCUT2D eigenvalue weighted by atomic mass is 35.5. The van der Waals surface area contributed by atoms with Gasteiger partial charge in [0, 0.05) is 5.02 Å². The lowest BCUT2D eigenvalue weighted by atomic mass is 10.2. The van der Waals surface area contributed by atoms with Crippen molar-refractivity contribution >= 4 is 17.6 Å². The molecule has 0 saturated heterocycles. The number of hydrogen-bond acceptors (Lipinski definition) is 5. The topological polar surface area (TPSA) is 66.2 Å². The number of methoxy groups -OCH3 is 1. The SMILES string of the molecule is CCc1c(C(=O)OC)nnn1CCOc1cccc(Cl)c1. The first-order valence-corrected chi connectivity index (χ1v) is 6.92. The maximum atomic E-state index is 11.6. The Labute approximate surface area is 127 Å². The van der Waals surface area contributed by atoms with E-state index in [1.165, 1.54) is 7.11 Å². The molecule has 0 spiro atoms. The van der Waals surface area contributed by atoms with Crippen LogP contribution in [-0.2, 0) is 17.7 Å². The van der Waals surface area contributed by atoms with E-state index >= 15 is 0 Å². The highest BCUT2D eigenvalue weighted by Crippen LogP contribution is 2.17. The zero-order valence-electron chi connectivity index (χ0n) is 11.9. The minimum atomic E-state index is -0.478. The minimum Gasteiger partial charge on any atom is -0.492 e. The summed E-state index contributed by atoms with van der Waals surface area (Å²) in [6, 6.07) is 7.17. The molecule has 1 aromatic carbocycles.